The predicted octanol–water partition coefficient (Wildman–Crippen LogP) is 2.11. The number of anilines is 1. The van der Waals surface area contributed by atoms with Crippen LogP contribution in [0.25, 0.3) is 0 Å². The third kappa shape index (κ3) is 5.19. The second kappa shape index (κ2) is 9.54. The number of hydrogen-bond donors (Lipinski definition) is 3. The van der Waals surface area contributed by atoms with Crippen LogP contribution < -0.4 is 16.0 Å². The Kier molecular flexibility index (Phi) is 7.41. The van der Waals surface area contributed by atoms with E-state index >= 15 is 0 Å². The van der Waals surface area contributed by atoms with Crippen molar-refractivity contribution in [2.24, 2.45) is 0 Å². The highest BCUT2D eigenvalue weighted by Crippen LogP contribution is 2.17. The monoisotopic (exact) mass is 362 g/mol. The largest absolute Gasteiger partial charge is 0.375 e. The molecule has 3 atom stereocenters. The highest BCUT2D eigenvalue weighted by atomic mass is 16.5. The summed E-state index contributed by atoms with van der Waals surface area (Å²) in [5.74, 6) is -0.0661. The van der Waals surface area contributed by atoms with E-state index in [9.17, 15) is 9.59 Å². The molecule has 144 valence electrons. The molecule has 3 amide bonds. The maximum absolute atomic E-state index is 12.4. The second-order valence-electron chi connectivity index (χ2n) is 6.46. The fourth-order valence-corrected chi connectivity index (χ4v) is 2.98. The van der Waals surface area contributed by atoms with Gasteiger partial charge in [0, 0.05) is 25.3 Å². The van der Waals surface area contributed by atoms with Crippen molar-refractivity contribution < 1.29 is 14.3 Å². The number of morpholine rings is 1. The van der Waals surface area contributed by atoms with Crippen molar-refractivity contribution in [1.82, 2.24) is 15.5 Å². The molecule has 1 aromatic carbocycles. The smallest absolute Gasteiger partial charge is 0.321 e. The summed E-state index contributed by atoms with van der Waals surface area (Å²) in [6.45, 7) is 10.4. The molecule has 1 fully saturated rings. The zero-order valence-electron chi connectivity index (χ0n) is 16.0. The molecule has 0 aromatic heterocycles. The first-order valence-electron chi connectivity index (χ1n) is 9.27. The Morgan fingerprint density at radius 2 is 1.92 bits per heavy atom. The lowest BCUT2D eigenvalue weighted by atomic mass is 10.1. The van der Waals surface area contributed by atoms with Gasteiger partial charge in [0.05, 0.1) is 18.8 Å². The maximum atomic E-state index is 12.4. The molecule has 0 spiro atoms. The third-order valence-corrected chi connectivity index (χ3v) is 4.67. The lowest BCUT2D eigenvalue weighted by Crippen LogP contribution is -2.55. The Hall–Kier alpha value is -2.12. The standard InChI is InChI=1S/C19H30N4O3/c1-5-23(6-2)19(25)22-16-9-7-15(8-10-16)13(3)21-18(24)17-14(4)26-12-11-20-17/h7-10,13-14,17,20H,5-6,11-12H2,1-4H3,(H,21,24)(H,22,25)/t13?,14-,17+/m1/s1. The normalized spacial score (nSPS) is 20.9. The number of ether oxygens (including phenoxy) is 1. The fourth-order valence-electron chi connectivity index (χ4n) is 2.98. The first-order chi connectivity index (χ1) is 12.5. The van der Waals surface area contributed by atoms with Gasteiger partial charge in [0.1, 0.15) is 6.04 Å². The van der Waals surface area contributed by atoms with Gasteiger partial charge in [0.25, 0.3) is 0 Å². The number of nitrogens with zero attached hydrogens (tertiary/aromatic N) is 1. The van der Waals surface area contributed by atoms with E-state index in [1.165, 1.54) is 0 Å². The number of rotatable bonds is 6. The Labute approximate surface area is 155 Å². The maximum Gasteiger partial charge on any atom is 0.321 e. The van der Waals surface area contributed by atoms with E-state index in [2.05, 4.69) is 16.0 Å². The van der Waals surface area contributed by atoms with Gasteiger partial charge < -0.3 is 25.6 Å². The van der Waals surface area contributed by atoms with Crippen LogP contribution in [0, 0.1) is 0 Å². The van der Waals surface area contributed by atoms with Crippen LogP contribution in [0.1, 0.15) is 39.3 Å². The van der Waals surface area contributed by atoms with Crippen molar-refractivity contribution >= 4 is 17.6 Å². The number of nitrogens with one attached hydrogen (secondary N) is 3. The van der Waals surface area contributed by atoms with Crippen molar-refractivity contribution in [3.05, 3.63) is 29.8 Å². The molecular weight excluding hydrogens is 332 g/mol. The van der Waals surface area contributed by atoms with Gasteiger partial charge in [-0.2, -0.15) is 0 Å². The topological polar surface area (TPSA) is 82.7 Å². The van der Waals surface area contributed by atoms with Crippen LogP contribution in [-0.2, 0) is 9.53 Å². The van der Waals surface area contributed by atoms with Gasteiger partial charge in [-0.15, -0.1) is 0 Å². The molecule has 0 aliphatic carbocycles. The number of urea groups is 1. The Bertz CT molecular complexity index is 601. The van der Waals surface area contributed by atoms with Crippen LogP contribution in [0.2, 0.25) is 0 Å². The molecular formula is C19H30N4O3. The molecule has 3 N–H and O–H groups in total. The molecule has 26 heavy (non-hydrogen) atoms. The average molecular weight is 362 g/mol. The van der Waals surface area contributed by atoms with Crippen molar-refractivity contribution in [1.29, 1.82) is 0 Å². The molecule has 1 heterocycles. The molecule has 1 unspecified atom stereocenters. The summed E-state index contributed by atoms with van der Waals surface area (Å²) in [5.41, 5.74) is 1.71. The summed E-state index contributed by atoms with van der Waals surface area (Å²) in [7, 11) is 0. The Morgan fingerprint density at radius 3 is 2.50 bits per heavy atom. The third-order valence-electron chi connectivity index (χ3n) is 4.67. The molecule has 0 saturated carbocycles. The number of carbonyl (C=O) groups is 2. The second-order valence-corrected chi connectivity index (χ2v) is 6.46. The SMILES string of the molecule is CCN(CC)C(=O)Nc1ccc(C(C)NC(=O)[C@H]2NCCO[C@@H]2C)cc1. The molecule has 0 bridgehead atoms. The first-order valence-corrected chi connectivity index (χ1v) is 9.27. The lowest BCUT2D eigenvalue weighted by molar-refractivity contribution is -0.129. The number of amides is 3. The van der Waals surface area contributed by atoms with E-state index in [4.69, 9.17) is 4.74 Å². The molecule has 2 rings (SSSR count). The van der Waals surface area contributed by atoms with Gasteiger partial charge in [-0.05, 0) is 45.4 Å². The highest BCUT2D eigenvalue weighted by molar-refractivity contribution is 5.89. The Balaban J connectivity index is 1.92. The number of benzene rings is 1. The summed E-state index contributed by atoms with van der Waals surface area (Å²) >= 11 is 0. The average Bonchev–Trinajstić information content (AvgIpc) is 2.63. The number of carbonyl (C=O) groups excluding carboxylic acids is 2. The molecule has 1 aliphatic heterocycles. The molecule has 1 saturated heterocycles. The quantitative estimate of drug-likeness (QED) is 0.724. The summed E-state index contributed by atoms with van der Waals surface area (Å²) in [6.07, 6.45) is -0.145. The minimum atomic E-state index is -0.334. The van der Waals surface area contributed by atoms with Gasteiger partial charge >= 0.3 is 6.03 Å². The molecule has 0 radical (unpaired) electrons. The molecule has 1 aliphatic rings. The van der Waals surface area contributed by atoms with Crippen LogP contribution >= 0.6 is 0 Å². The van der Waals surface area contributed by atoms with E-state index in [0.717, 1.165) is 11.3 Å². The minimum absolute atomic E-state index is 0.0661. The zero-order chi connectivity index (χ0) is 19.1. The van der Waals surface area contributed by atoms with Crippen LogP contribution in [0.3, 0.4) is 0 Å². The van der Waals surface area contributed by atoms with E-state index < -0.39 is 0 Å². The lowest BCUT2D eigenvalue weighted by Gasteiger charge is -2.30. The summed E-state index contributed by atoms with van der Waals surface area (Å²) < 4.78 is 5.52. The van der Waals surface area contributed by atoms with Gasteiger partial charge in [-0.25, -0.2) is 4.79 Å². The Morgan fingerprint density at radius 1 is 1.27 bits per heavy atom. The summed E-state index contributed by atoms with van der Waals surface area (Å²) in [5, 5.41) is 9.09. The zero-order valence-corrected chi connectivity index (χ0v) is 16.0. The van der Waals surface area contributed by atoms with E-state index in [1.54, 1.807) is 4.90 Å². The summed E-state index contributed by atoms with van der Waals surface area (Å²) in [6, 6.07) is 6.95. The van der Waals surface area contributed by atoms with Gasteiger partial charge in [0.2, 0.25) is 5.91 Å². The first kappa shape index (κ1) is 20.2. The van der Waals surface area contributed by atoms with Gasteiger partial charge in [-0.3, -0.25) is 4.79 Å². The van der Waals surface area contributed by atoms with Gasteiger partial charge in [-0.1, -0.05) is 12.1 Å². The fraction of sp³-hybridized carbons (Fsp3) is 0.579. The minimum Gasteiger partial charge on any atom is -0.375 e. The van der Waals surface area contributed by atoms with Crippen LogP contribution in [0.5, 0.6) is 0 Å². The molecule has 7 heteroatoms. The molecule has 7 nitrogen and oxygen atoms in total. The van der Waals surface area contributed by atoms with E-state index in [0.29, 0.717) is 26.2 Å². The van der Waals surface area contributed by atoms with Crippen molar-refractivity contribution in [3.63, 3.8) is 0 Å². The van der Waals surface area contributed by atoms with Crippen molar-refractivity contribution in [2.45, 2.75) is 45.9 Å². The van der Waals surface area contributed by atoms with Crippen LogP contribution in [-0.4, -0.2) is 55.2 Å². The number of hydrogen-bond acceptors (Lipinski definition) is 4. The van der Waals surface area contributed by atoms with Crippen molar-refractivity contribution in [3.8, 4) is 0 Å². The van der Waals surface area contributed by atoms with Crippen molar-refractivity contribution in [2.75, 3.05) is 31.6 Å². The van der Waals surface area contributed by atoms with E-state index in [1.807, 2.05) is 52.0 Å². The van der Waals surface area contributed by atoms with Crippen LogP contribution in [0.4, 0.5) is 10.5 Å². The summed E-state index contributed by atoms with van der Waals surface area (Å²) in [4.78, 5) is 26.2. The van der Waals surface area contributed by atoms with Gasteiger partial charge in [0.15, 0.2) is 0 Å². The predicted molar refractivity (Wildman–Crippen MR) is 102 cm³/mol. The highest BCUT2D eigenvalue weighted by Gasteiger charge is 2.29. The van der Waals surface area contributed by atoms with Crippen LogP contribution in [0.15, 0.2) is 24.3 Å². The molecule has 1 aromatic rings. The van der Waals surface area contributed by atoms with E-state index in [-0.39, 0.29) is 30.1 Å².